The Balaban J connectivity index is 2.41. The quantitative estimate of drug-likeness (QED) is 0.485. The van der Waals surface area contributed by atoms with E-state index in [1.165, 1.54) is 6.92 Å². The number of hydroxylamine groups is 1. The Hall–Kier alpha value is -2.41. The summed E-state index contributed by atoms with van der Waals surface area (Å²) >= 11 is 0. The predicted molar refractivity (Wildman–Crippen MR) is 86.5 cm³/mol. The summed E-state index contributed by atoms with van der Waals surface area (Å²) in [5.74, 6) is -1.67. The van der Waals surface area contributed by atoms with Gasteiger partial charge in [-0.15, -0.1) is 0 Å². The molecule has 1 atom stereocenters. The van der Waals surface area contributed by atoms with E-state index in [1.54, 1.807) is 31.2 Å². The van der Waals surface area contributed by atoms with Gasteiger partial charge in [-0.05, 0) is 43.5 Å². The molecule has 130 valence electrons. The van der Waals surface area contributed by atoms with Crippen molar-refractivity contribution < 1.29 is 24.0 Å². The molecule has 0 saturated heterocycles. The lowest BCUT2D eigenvalue weighted by molar-refractivity contribution is -0.219. The van der Waals surface area contributed by atoms with Gasteiger partial charge in [-0.1, -0.05) is 18.2 Å². The molecule has 0 bridgehead atoms. The number of carbonyl (C=O) groups excluding carboxylic acids is 3. The van der Waals surface area contributed by atoms with Gasteiger partial charge in [-0.2, -0.15) is 0 Å². The summed E-state index contributed by atoms with van der Waals surface area (Å²) in [4.78, 5) is 42.0. The summed E-state index contributed by atoms with van der Waals surface area (Å²) in [5.41, 5.74) is 1.77. The number of rotatable bonds is 6. The Labute approximate surface area is 140 Å². The fourth-order valence-electron chi connectivity index (χ4n) is 2.73. The van der Waals surface area contributed by atoms with Crippen LogP contribution in [0.2, 0.25) is 0 Å². The minimum Gasteiger partial charge on any atom is -0.464 e. The van der Waals surface area contributed by atoms with Crippen LogP contribution in [0.1, 0.15) is 39.5 Å². The number of hydrogen-bond donors (Lipinski definition) is 1. The van der Waals surface area contributed by atoms with Crippen LogP contribution < -0.4 is 5.43 Å². The maximum absolute atomic E-state index is 12.7. The molecule has 1 aliphatic carbocycles. The number of anilines is 1. The van der Waals surface area contributed by atoms with Crippen molar-refractivity contribution in [2.75, 3.05) is 12.0 Å². The van der Waals surface area contributed by atoms with Gasteiger partial charge in [0.1, 0.15) is 0 Å². The topological polar surface area (TPSA) is 84.9 Å². The Morgan fingerprint density at radius 2 is 1.96 bits per heavy atom. The third-order valence-electron chi connectivity index (χ3n) is 3.84. The molecule has 0 radical (unpaired) electrons. The molecular weight excluding hydrogens is 312 g/mol. The number of carbonyl (C=O) groups is 3. The van der Waals surface area contributed by atoms with Gasteiger partial charge in [0.15, 0.2) is 5.78 Å². The normalized spacial score (nSPS) is 20.5. The molecule has 2 rings (SSSR count). The van der Waals surface area contributed by atoms with Crippen LogP contribution >= 0.6 is 0 Å². The molecule has 0 heterocycles. The van der Waals surface area contributed by atoms with E-state index in [1.807, 2.05) is 6.07 Å². The summed E-state index contributed by atoms with van der Waals surface area (Å²) in [7, 11) is 0. The average molecular weight is 334 g/mol. The number of nitrogens with one attached hydrogen (secondary N) is 1. The van der Waals surface area contributed by atoms with Crippen molar-refractivity contribution in [2.24, 2.45) is 0 Å². The monoisotopic (exact) mass is 334 g/mol. The van der Waals surface area contributed by atoms with Gasteiger partial charge in [0, 0.05) is 13.3 Å². The number of nitrogens with zero attached hydrogens (tertiary/aromatic N) is 1. The van der Waals surface area contributed by atoms with E-state index in [9.17, 15) is 14.4 Å². The molecule has 7 nitrogen and oxygen atoms in total. The Morgan fingerprint density at radius 1 is 1.25 bits per heavy atom. The van der Waals surface area contributed by atoms with E-state index in [0.29, 0.717) is 18.5 Å². The third kappa shape index (κ3) is 3.73. The van der Waals surface area contributed by atoms with Crippen LogP contribution in [0.25, 0.3) is 0 Å². The van der Waals surface area contributed by atoms with E-state index in [0.717, 1.165) is 5.17 Å². The van der Waals surface area contributed by atoms with Gasteiger partial charge in [0.05, 0.1) is 12.3 Å². The molecule has 0 aromatic heterocycles. The van der Waals surface area contributed by atoms with Crippen LogP contribution in [0.3, 0.4) is 0 Å². The van der Waals surface area contributed by atoms with Crippen molar-refractivity contribution >= 4 is 23.4 Å². The van der Waals surface area contributed by atoms with Crippen LogP contribution in [0.4, 0.5) is 5.69 Å². The summed E-state index contributed by atoms with van der Waals surface area (Å²) in [6.07, 6.45) is 1.79. The van der Waals surface area contributed by atoms with Gasteiger partial charge in [-0.25, -0.2) is 4.79 Å². The maximum atomic E-state index is 12.7. The maximum Gasteiger partial charge on any atom is 0.339 e. The minimum atomic E-state index is -1.67. The molecule has 0 aliphatic heterocycles. The molecule has 0 amide bonds. The summed E-state index contributed by atoms with van der Waals surface area (Å²) < 4.78 is 5.12. The number of Topliss-reactive ketones (excluding diaryl/α,β-unsaturated/α-hetero) is 1. The molecule has 0 spiro atoms. The van der Waals surface area contributed by atoms with Gasteiger partial charge in [0.2, 0.25) is 5.54 Å². The largest absolute Gasteiger partial charge is 0.464 e. The standard InChI is InChI=1S/C17H22N2O5/c1-3-23-16(22)17(12-8-7-11-15(17)21)19(24-13(2)20)18-14-9-5-4-6-10-14/h4-6,9-10,18H,3,7-8,11-12H2,1-2H3. The Bertz CT molecular complexity index is 604. The molecule has 1 fully saturated rings. The van der Waals surface area contributed by atoms with E-state index in [-0.39, 0.29) is 25.2 Å². The number of para-hydroxylation sites is 1. The van der Waals surface area contributed by atoms with Crippen molar-refractivity contribution in [3.05, 3.63) is 30.3 Å². The number of hydrazine groups is 1. The number of ether oxygens (including phenoxy) is 1. The predicted octanol–water partition coefficient (Wildman–Crippen LogP) is 2.24. The second kappa shape index (κ2) is 7.92. The van der Waals surface area contributed by atoms with E-state index in [2.05, 4.69) is 5.43 Å². The van der Waals surface area contributed by atoms with Crippen molar-refractivity contribution in [1.82, 2.24) is 5.17 Å². The summed E-state index contributed by atoms with van der Waals surface area (Å²) in [6, 6.07) is 8.88. The minimum absolute atomic E-state index is 0.132. The van der Waals surface area contributed by atoms with Crippen molar-refractivity contribution in [3.63, 3.8) is 0 Å². The van der Waals surface area contributed by atoms with Gasteiger partial charge >= 0.3 is 11.9 Å². The van der Waals surface area contributed by atoms with Crippen LogP contribution in [-0.4, -0.2) is 35.0 Å². The van der Waals surface area contributed by atoms with Crippen LogP contribution in [0, 0.1) is 0 Å². The first-order valence-electron chi connectivity index (χ1n) is 8.01. The van der Waals surface area contributed by atoms with Crippen LogP contribution in [0.5, 0.6) is 0 Å². The van der Waals surface area contributed by atoms with Crippen LogP contribution in [-0.2, 0) is 24.0 Å². The smallest absolute Gasteiger partial charge is 0.339 e. The molecule has 1 aromatic rings. The molecule has 7 heteroatoms. The van der Waals surface area contributed by atoms with E-state index in [4.69, 9.17) is 9.57 Å². The van der Waals surface area contributed by atoms with Crippen molar-refractivity contribution in [1.29, 1.82) is 0 Å². The first kappa shape index (κ1) is 17.9. The fourth-order valence-corrected chi connectivity index (χ4v) is 2.73. The lowest BCUT2D eigenvalue weighted by atomic mass is 9.80. The molecule has 1 unspecified atom stereocenters. The number of hydrogen-bond acceptors (Lipinski definition) is 7. The highest BCUT2D eigenvalue weighted by molar-refractivity contribution is 6.09. The molecule has 1 aliphatic rings. The third-order valence-corrected chi connectivity index (χ3v) is 3.84. The molecule has 1 aromatic carbocycles. The zero-order valence-electron chi connectivity index (χ0n) is 13.9. The van der Waals surface area contributed by atoms with Crippen molar-refractivity contribution in [3.8, 4) is 0 Å². The average Bonchev–Trinajstić information content (AvgIpc) is 2.55. The zero-order chi connectivity index (χ0) is 17.6. The summed E-state index contributed by atoms with van der Waals surface area (Å²) in [5, 5.41) is 0.962. The van der Waals surface area contributed by atoms with Crippen molar-refractivity contribution in [2.45, 2.75) is 45.1 Å². The fraction of sp³-hybridized carbons (Fsp3) is 0.471. The molecule has 24 heavy (non-hydrogen) atoms. The van der Waals surface area contributed by atoms with Gasteiger partial charge in [0.25, 0.3) is 0 Å². The highest BCUT2D eigenvalue weighted by atomic mass is 16.7. The second-order valence-electron chi connectivity index (χ2n) is 5.57. The second-order valence-corrected chi connectivity index (χ2v) is 5.57. The molecule has 1 saturated carbocycles. The lowest BCUT2D eigenvalue weighted by Gasteiger charge is -2.40. The molecular formula is C17H22N2O5. The first-order valence-corrected chi connectivity index (χ1v) is 8.01. The first-order chi connectivity index (χ1) is 11.5. The molecule has 1 N–H and O–H groups in total. The Morgan fingerprint density at radius 3 is 2.54 bits per heavy atom. The summed E-state index contributed by atoms with van der Waals surface area (Å²) in [6.45, 7) is 3.01. The zero-order valence-corrected chi connectivity index (χ0v) is 13.9. The van der Waals surface area contributed by atoms with E-state index >= 15 is 0 Å². The number of ketones is 1. The lowest BCUT2D eigenvalue weighted by Crippen LogP contribution is -2.64. The number of benzene rings is 1. The highest BCUT2D eigenvalue weighted by Crippen LogP contribution is 2.33. The highest BCUT2D eigenvalue weighted by Gasteiger charge is 2.55. The van der Waals surface area contributed by atoms with Crippen LogP contribution in [0.15, 0.2) is 30.3 Å². The Kier molecular flexibility index (Phi) is 5.92. The SMILES string of the molecule is CCOC(=O)C1(N(Nc2ccccc2)OC(C)=O)CCCCC1=O. The van der Waals surface area contributed by atoms with Gasteiger partial charge in [-0.3, -0.25) is 15.0 Å². The van der Waals surface area contributed by atoms with Gasteiger partial charge < -0.3 is 9.57 Å². The number of esters is 1. The van der Waals surface area contributed by atoms with E-state index < -0.39 is 17.5 Å².